The molecule has 110 valence electrons. The zero-order valence-corrected chi connectivity index (χ0v) is 14.7. The Morgan fingerprint density at radius 1 is 1.05 bits per heavy atom. The van der Waals surface area contributed by atoms with Crippen LogP contribution in [0.25, 0.3) is 0 Å². The molecule has 0 radical (unpaired) electrons. The fourth-order valence-corrected chi connectivity index (χ4v) is 4.92. The molecule has 1 heterocycles. The van der Waals surface area contributed by atoms with Gasteiger partial charge in [0.15, 0.2) is 11.5 Å². The Kier molecular flexibility index (Phi) is 4.92. The van der Waals surface area contributed by atoms with E-state index in [2.05, 4.69) is 44.0 Å². The van der Waals surface area contributed by atoms with E-state index >= 15 is 0 Å². The Bertz CT molecular complexity index is 470. The van der Waals surface area contributed by atoms with Crippen LogP contribution < -0.4 is 9.47 Å². The topological polar surface area (TPSA) is 18.5 Å². The number of hydrogen-bond acceptors (Lipinski definition) is 2. The molecule has 4 heteroatoms. The molecule has 1 aromatic carbocycles. The molecule has 1 fully saturated rings. The molecule has 1 aromatic rings. The molecule has 1 atom stereocenters. The van der Waals surface area contributed by atoms with Gasteiger partial charge in [-0.1, -0.05) is 57.5 Å². The van der Waals surface area contributed by atoms with Crippen molar-refractivity contribution in [2.45, 2.75) is 43.4 Å². The summed E-state index contributed by atoms with van der Waals surface area (Å²) >= 11 is 7.55. The van der Waals surface area contributed by atoms with Crippen molar-refractivity contribution in [2.75, 3.05) is 13.2 Å². The number of benzene rings is 1. The number of hydrogen-bond donors (Lipinski definition) is 0. The van der Waals surface area contributed by atoms with Crippen molar-refractivity contribution < 1.29 is 9.47 Å². The first kappa shape index (κ1) is 14.7. The highest BCUT2D eigenvalue weighted by Gasteiger charge is 2.23. The van der Waals surface area contributed by atoms with Gasteiger partial charge >= 0.3 is 0 Å². The lowest BCUT2D eigenvalue weighted by molar-refractivity contribution is 0.297. The minimum absolute atomic E-state index is 0.386. The molecule has 0 aromatic heterocycles. The smallest absolute Gasteiger partial charge is 0.162 e. The lowest BCUT2D eigenvalue weighted by Gasteiger charge is -2.18. The minimum atomic E-state index is 0.386. The summed E-state index contributed by atoms with van der Waals surface area (Å²) in [5.41, 5.74) is 1.28. The molecule has 3 rings (SSSR count). The van der Waals surface area contributed by atoms with E-state index in [1.807, 2.05) is 0 Å². The normalized spacial score (nSPS) is 20.7. The summed E-state index contributed by atoms with van der Waals surface area (Å²) in [4.78, 5) is 0.386. The first-order valence-electron chi connectivity index (χ1n) is 7.47. The van der Waals surface area contributed by atoms with Gasteiger partial charge in [-0.25, -0.2) is 0 Å². The molecule has 0 bridgehead atoms. The SMILES string of the molecule is Brc1cc2c(cc1C(Br)CC1CCCC1)OCCCO2. The van der Waals surface area contributed by atoms with Gasteiger partial charge in [-0.3, -0.25) is 0 Å². The van der Waals surface area contributed by atoms with E-state index in [-0.39, 0.29) is 0 Å². The lowest BCUT2D eigenvalue weighted by atomic mass is 9.98. The molecule has 2 nitrogen and oxygen atoms in total. The molecule has 1 saturated carbocycles. The molecule has 0 N–H and O–H groups in total. The van der Waals surface area contributed by atoms with Gasteiger partial charge in [-0.2, -0.15) is 0 Å². The summed E-state index contributed by atoms with van der Waals surface area (Å²) in [5, 5.41) is 0. The predicted octanol–water partition coefficient (Wildman–Crippen LogP) is 5.63. The molecular formula is C16H20Br2O2. The molecule has 0 spiro atoms. The van der Waals surface area contributed by atoms with Crippen LogP contribution in [-0.2, 0) is 0 Å². The molecule has 1 unspecified atom stereocenters. The summed E-state index contributed by atoms with van der Waals surface area (Å²) in [7, 11) is 0. The Morgan fingerprint density at radius 3 is 2.40 bits per heavy atom. The first-order chi connectivity index (χ1) is 9.74. The van der Waals surface area contributed by atoms with Crippen molar-refractivity contribution >= 4 is 31.9 Å². The van der Waals surface area contributed by atoms with Crippen LogP contribution in [0.4, 0.5) is 0 Å². The standard InChI is InChI=1S/C16H20Br2O2/c17-13(8-11-4-1-2-5-11)12-9-15-16(10-14(12)18)20-7-3-6-19-15/h9-11,13H,1-8H2. The number of fused-ring (bicyclic) bond motifs is 1. The van der Waals surface area contributed by atoms with Gasteiger partial charge in [0.1, 0.15) is 0 Å². The van der Waals surface area contributed by atoms with Gasteiger partial charge in [-0.15, -0.1) is 0 Å². The van der Waals surface area contributed by atoms with Crippen molar-refractivity contribution in [1.29, 1.82) is 0 Å². The molecular weight excluding hydrogens is 384 g/mol. The van der Waals surface area contributed by atoms with Crippen LogP contribution in [0, 0.1) is 5.92 Å². The van der Waals surface area contributed by atoms with Crippen LogP contribution in [0.5, 0.6) is 11.5 Å². The van der Waals surface area contributed by atoms with Crippen molar-refractivity contribution in [3.05, 3.63) is 22.2 Å². The van der Waals surface area contributed by atoms with Crippen molar-refractivity contribution in [3.8, 4) is 11.5 Å². The summed E-state index contributed by atoms with van der Waals surface area (Å²) in [6.45, 7) is 1.47. The van der Waals surface area contributed by atoms with E-state index in [9.17, 15) is 0 Å². The summed E-state index contributed by atoms with van der Waals surface area (Å²) < 4.78 is 12.6. The summed E-state index contributed by atoms with van der Waals surface area (Å²) in [5.74, 6) is 2.61. The third-order valence-electron chi connectivity index (χ3n) is 4.22. The van der Waals surface area contributed by atoms with E-state index in [0.717, 1.165) is 41.5 Å². The molecule has 20 heavy (non-hydrogen) atoms. The zero-order valence-electron chi connectivity index (χ0n) is 11.5. The van der Waals surface area contributed by atoms with E-state index in [4.69, 9.17) is 9.47 Å². The van der Waals surface area contributed by atoms with Crippen molar-refractivity contribution in [2.24, 2.45) is 5.92 Å². The fraction of sp³-hybridized carbons (Fsp3) is 0.625. The highest BCUT2D eigenvalue weighted by Crippen LogP contribution is 2.43. The largest absolute Gasteiger partial charge is 0.490 e. The Morgan fingerprint density at radius 2 is 1.70 bits per heavy atom. The number of ether oxygens (including phenoxy) is 2. The van der Waals surface area contributed by atoms with E-state index in [0.29, 0.717) is 4.83 Å². The Hall–Kier alpha value is -0.220. The second-order valence-corrected chi connectivity index (χ2v) is 7.68. The third kappa shape index (κ3) is 3.33. The molecule has 1 aliphatic carbocycles. The average molecular weight is 404 g/mol. The third-order valence-corrected chi connectivity index (χ3v) is 5.77. The highest BCUT2D eigenvalue weighted by molar-refractivity contribution is 9.11. The number of alkyl halides is 1. The second kappa shape index (κ2) is 6.69. The van der Waals surface area contributed by atoms with Gasteiger partial charge in [0.2, 0.25) is 0 Å². The molecule has 1 aliphatic heterocycles. The van der Waals surface area contributed by atoms with Crippen LogP contribution in [-0.4, -0.2) is 13.2 Å². The van der Waals surface area contributed by atoms with Crippen LogP contribution in [0.2, 0.25) is 0 Å². The van der Waals surface area contributed by atoms with Crippen LogP contribution in [0.15, 0.2) is 16.6 Å². The Balaban J connectivity index is 1.79. The van der Waals surface area contributed by atoms with E-state index in [1.54, 1.807) is 0 Å². The first-order valence-corrected chi connectivity index (χ1v) is 9.18. The predicted molar refractivity (Wildman–Crippen MR) is 88.0 cm³/mol. The average Bonchev–Trinajstić information content (AvgIpc) is 2.82. The van der Waals surface area contributed by atoms with Gasteiger partial charge in [0.05, 0.1) is 13.2 Å². The van der Waals surface area contributed by atoms with Gasteiger partial charge in [0, 0.05) is 15.7 Å². The minimum Gasteiger partial charge on any atom is -0.490 e. The maximum absolute atomic E-state index is 5.80. The van der Waals surface area contributed by atoms with Crippen molar-refractivity contribution in [1.82, 2.24) is 0 Å². The lowest BCUT2D eigenvalue weighted by Crippen LogP contribution is -2.01. The van der Waals surface area contributed by atoms with Crippen LogP contribution >= 0.6 is 31.9 Å². The van der Waals surface area contributed by atoms with E-state index in [1.165, 1.54) is 37.7 Å². The maximum atomic E-state index is 5.80. The maximum Gasteiger partial charge on any atom is 0.162 e. The van der Waals surface area contributed by atoms with E-state index < -0.39 is 0 Å². The van der Waals surface area contributed by atoms with Gasteiger partial charge in [0.25, 0.3) is 0 Å². The zero-order chi connectivity index (χ0) is 13.9. The molecule has 2 aliphatic rings. The van der Waals surface area contributed by atoms with Gasteiger partial charge < -0.3 is 9.47 Å². The molecule has 0 amide bonds. The van der Waals surface area contributed by atoms with Crippen LogP contribution in [0.3, 0.4) is 0 Å². The Labute approximate surface area is 137 Å². The number of halogens is 2. The van der Waals surface area contributed by atoms with Crippen molar-refractivity contribution in [3.63, 3.8) is 0 Å². The fourth-order valence-electron chi connectivity index (χ4n) is 3.11. The van der Waals surface area contributed by atoms with Crippen LogP contribution in [0.1, 0.15) is 48.9 Å². The second-order valence-electron chi connectivity index (χ2n) is 5.72. The van der Waals surface area contributed by atoms with Gasteiger partial charge in [-0.05, 0) is 30.0 Å². The molecule has 0 saturated heterocycles. The summed E-state index contributed by atoms with van der Waals surface area (Å²) in [6, 6.07) is 4.19. The highest BCUT2D eigenvalue weighted by atomic mass is 79.9. The quantitative estimate of drug-likeness (QED) is 0.609. The summed E-state index contributed by atoms with van der Waals surface area (Å²) in [6.07, 6.45) is 7.70. The monoisotopic (exact) mass is 402 g/mol. The number of rotatable bonds is 3.